The monoisotopic (exact) mass is 305 g/mol. The van der Waals surface area contributed by atoms with Crippen LogP contribution in [-0.4, -0.2) is 24.5 Å². The number of aromatic nitrogens is 4. The van der Waals surface area contributed by atoms with Crippen LogP contribution in [0.5, 0.6) is 0 Å². The summed E-state index contributed by atoms with van der Waals surface area (Å²) in [6.45, 7) is 1.82. The molecule has 0 aliphatic heterocycles. The number of rotatable bonds is 2. The third-order valence-corrected chi connectivity index (χ3v) is 3.75. The van der Waals surface area contributed by atoms with Crippen molar-refractivity contribution in [1.29, 1.82) is 0 Å². The quantitative estimate of drug-likeness (QED) is 0.419. The fourth-order valence-corrected chi connectivity index (χ4v) is 2.70. The number of hydrogen-bond acceptors (Lipinski definition) is 5. The molecule has 0 aliphatic carbocycles. The van der Waals surface area contributed by atoms with Crippen molar-refractivity contribution >= 4 is 22.4 Å². The molecule has 0 fully saturated rings. The van der Waals surface area contributed by atoms with Gasteiger partial charge in [-0.1, -0.05) is 30.3 Å². The minimum atomic E-state index is -0.405. The molecule has 0 N–H and O–H groups in total. The van der Waals surface area contributed by atoms with Crippen molar-refractivity contribution in [2.75, 3.05) is 0 Å². The molecule has 7 heteroatoms. The number of benzene rings is 2. The maximum Gasteiger partial charge on any atom is 0.270 e. The first-order valence-electron chi connectivity index (χ1n) is 7.00. The van der Waals surface area contributed by atoms with Crippen LogP contribution >= 0.6 is 0 Å². The molecule has 0 unspecified atom stereocenters. The van der Waals surface area contributed by atoms with E-state index in [-0.39, 0.29) is 5.69 Å². The number of nitro benzene ring substituents is 1. The summed E-state index contributed by atoms with van der Waals surface area (Å²) in [5, 5.41) is 20.0. The van der Waals surface area contributed by atoms with E-state index in [0.29, 0.717) is 22.7 Å². The highest BCUT2D eigenvalue weighted by Crippen LogP contribution is 2.30. The SMILES string of the molecule is Cc1nnc2nc(-c3ccccc3)c3cc([N+](=O)[O-])ccc3n12. The Morgan fingerprint density at radius 2 is 1.87 bits per heavy atom. The molecule has 0 aliphatic rings. The minimum Gasteiger partial charge on any atom is -0.263 e. The van der Waals surface area contributed by atoms with Gasteiger partial charge in [-0.25, -0.2) is 4.98 Å². The van der Waals surface area contributed by atoms with Gasteiger partial charge in [0.05, 0.1) is 16.1 Å². The van der Waals surface area contributed by atoms with Crippen molar-refractivity contribution in [3.05, 3.63) is 64.5 Å². The smallest absolute Gasteiger partial charge is 0.263 e. The van der Waals surface area contributed by atoms with Crippen LogP contribution in [0, 0.1) is 17.0 Å². The topological polar surface area (TPSA) is 86.2 Å². The Morgan fingerprint density at radius 1 is 1.09 bits per heavy atom. The Morgan fingerprint density at radius 3 is 2.61 bits per heavy atom. The molecule has 0 saturated heterocycles. The number of nitrogens with zero attached hydrogens (tertiary/aromatic N) is 5. The van der Waals surface area contributed by atoms with Gasteiger partial charge in [-0.3, -0.25) is 14.5 Å². The molecule has 0 saturated carbocycles. The zero-order chi connectivity index (χ0) is 16.0. The van der Waals surface area contributed by atoms with Gasteiger partial charge < -0.3 is 0 Å². The van der Waals surface area contributed by atoms with Gasteiger partial charge in [-0.05, 0) is 13.0 Å². The molecule has 0 spiro atoms. The van der Waals surface area contributed by atoms with Crippen molar-refractivity contribution in [2.24, 2.45) is 0 Å². The molecule has 4 rings (SSSR count). The summed E-state index contributed by atoms with van der Waals surface area (Å²) in [5.74, 6) is 1.16. The molecular formula is C16H11N5O2. The highest BCUT2D eigenvalue weighted by atomic mass is 16.6. The summed E-state index contributed by atoms with van der Waals surface area (Å²) in [7, 11) is 0. The van der Waals surface area contributed by atoms with Gasteiger partial charge in [0.15, 0.2) is 0 Å². The first-order valence-corrected chi connectivity index (χ1v) is 7.00. The zero-order valence-corrected chi connectivity index (χ0v) is 12.2. The number of hydrogen-bond donors (Lipinski definition) is 0. The third-order valence-electron chi connectivity index (χ3n) is 3.75. The standard InChI is InChI=1S/C16H11N5O2/c1-10-18-19-16-17-15(11-5-3-2-4-6-11)13-9-12(21(22)23)7-8-14(13)20(10)16/h2-9H,1H3. The van der Waals surface area contributed by atoms with E-state index in [2.05, 4.69) is 15.2 Å². The van der Waals surface area contributed by atoms with E-state index in [9.17, 15) is 10.1 Å². The lowest BCUT2D eigenvalue weighted by molar-refractivity contribution is -0.384. The van der Waals surface area contributed by atoms with E-state index in [1.165, 1.54) is 6.07 Å². The second-order valence-corrected chi connectivity index (χ2v) is 5.17. The fraction of sp³-hybridized carbons (Fsp3) is 0.0625. The summed E-state index contributed by atoms with van der Waals surface area (Å²) in [6.07, 6.45) is 0. The summed E-state index contributed by atoms with van der Waals surface area (Å²) >= 11 is 0. The number of nitro groups is 1. The van der Waals surface area contributed by atoms with Crippen molar-refractivity contribution in [3.63, 3.8) is 0 Å². The van der Waals surface area contributed by atoms with Crippen LogP contribution in [0.3, 0.4) is 0 Å². The predicted molar refractivity (Wildman–Crippen MR) is 85.1 cm³/mol. The van der Waals surface area contributed by atoms with Crippen LogP contribution in [0.2, 0.25) is 0 Å². The van der Waals surface area contributed by atoms with E-state index in [4.69, 9.17) is 0 Å². The summed E-state index contributed by atoms with van der Waals surface area (Å²) in [6, 6.07) is 14.3. The largest absolute Gasteiger partial charge is 0.270 e. The van der Waals surface area contributed by atoms with Crippen LogP contribution in [0.25, 0.3) is 27.9 Å². The van der Waals surface area contributed by atoms with Crippen molar-refractivity contribution in [1.82, 2.24) is 19.6 Å². The first-order chi connectivity index (χ1) is 11.1. The Hall–Kier alpha value is -3.35. The molecule has 2 heterocycles. The van der Waals surface area contributed by atoms with Gasteiger partial charge >= 0.3 is 0 Å². The lowest BCUT2D eigenvalue weighted by Crippen LogP contribution is -1.98. The van der Waals surface area contributed by atoms with E-state index < -0.39 is 4.92 Å². The van der Waals surface area contributed by atoms with Crippen LogP contribution in [0.1, 0.15) is 5.82 Å². The number of fused-ring (bicyclic) bond motifs is 3. The van der Waals surface area contributed by atoms with Gasteiger partial charge in [0, 0.05) is 23.1 Å². The van der Waals surface area contributed by atoms with Crippen LogP contribution in [0.4, 0.5) is 5.69 Å². The molecule has 23 heavy (non-hydrogen) atoms. The molecule has 2 aromatic heterocycles. The van der Waals surface area contributed by atoms with E-state index in [0.717, 1.165) is 11.1 Å². The highest BCUT2D eigenvalue weighted by molar-refractivity contribution is 5.95. The zero-order valence-electron chi connectivity index (χ0n) is 12.2. The van der Waals surface area contributed by atoms with E-state index in [1.54, 1.807) is 16.5 Å². The molecule has 0 atom stereocenters. The molecular weight excluding hydrogens is 294 g/mol. The fourth-order valence-electron chi connectivity index (χ4n) is 2.70. The molecule has 7 nitrogen and oxygen atoms in total. The highest BCUT2D eigenvalue weighted by Gasteiger charge is 2.16. The summed E-state index contributed by atoms with van der Waals surface area (Å²) in [4.78, 5) is 15.3. The van der Waals surface area contributed by atoms with Crippen LogP contribution in [-0.2, 0) is 0 Å². The van der Waals surface area contributed by atoms with Crippen molar-refractivity contribution in [2.45, 2.75) is 6.92 Å². The first kappa shape index (κ1) is 13.3. The second-order valence-electron chi connectivity index (χ2n) is 5.17. The Balaban J connectivity index is 2.18. The molecule has 0 amide bonds. The summed E-state index contributed by atoms with van der Waals surface area (Å²) < 4.78 is 1.80. The Kier molecular flexibility index (Phi) is 2.80. The normalized spacial score (nSPS) is 11.2. The van der Waals surface area contributed by atoms with E-state index in [1.807, 2.05) is 37.3 Å². The molecule has 112 valence electrons. The van der Waals surface area contributed by atoms with Crippen LogP contribution < -0.4 is 0 Å². The van der Waals surface area contributed by atoms with Crippen molar-refractivity contribution < 1.29 is 4.92 Å². The summed E-state index contributed by atoms with van der Waals surface area (Å²) in [5.41, 5.74) is 2.36. The second kappa shape index (κ2) is 4.84. The maximum absolute atomic E-state index is 11.1. The van der Waals surface area contributed by atoms with E-state index >= 15 is 0 Å². The predicted octanol–water partition coefficient (Wildman–Crippen LogP) is 3.16. The van der Waals surface area contributed by atoms with Gasteiger partial charge in [0.25, 0.3) is 11.5 Å². The maximum atomic E-state index is 11.1. The Bertz CT molecular complexity index is 1060. The van der Waals surface area contributed by atoms with Gasteiger partial charge in [0.2, 0.25) is 0 Å². The lowest BCUT2D eigenvalue weighted by atomic mass is 10.1. The third kappa shape index (κ3) is 2.02. The molecule has 4 aromatic rings. The number of aryl methyl sites for hydroxylation is 1. The van der Waals surface area contributed by atoms with Crippen molar-refractivity contribution in [3.8, 4) is 11.3 Å². The molecule has 0 bridgehead atoms. The molecule has 2 aromatic carbocycles. The van der Waals surface area contributed by atoms with Gasteiger partial charge in [-0.15, -0.1) is 10.2 Å². The average Bonchev–Trinajstić information content (AvgIpc) is 2.95. The lowest BCUT2D eigenvalue weighted by Gasteiger charge is -2.08. The average molecular weight is 305 g/mol. The molecule has 0 radical (unpaired) electrons. The Labute approximate surface area is 130 Å². The number of non-ortho nitro benzene ring substituents is 1. The van der Waals surface area contributed by atoms with Gasteiger partial charge in [-0.2, -0.15) is 0 Å². The van der Waals surface area contributed by atoms with Gasteiger partial charge in [0.1, 0.15) is 5.82 Å². The van der Waals surface area contributed by atoms with Crippen LogP contribution in [0.15, 0.2) is 48.5 Å². The minimum absolute atomic E-state index is 0.0292.